The molecule has 0 aliphatic heterocycles. The van der Waals surface area contributed by atoms with Crippen molar-refractivity contribution >= 4 is 21.6 Å². The summed E-state index contributed by atoms with van der Waals surface area (Å²) in [7, 11) is 3.90. The van der Waals surface area contributed by atoms with Crippen molar-refractivity contribution < 1.29 is 5.11 Å². The number of hydrogen-bond acceptors (Lipinski definition) is 5. The molecule has 7 heteroatoms. The van der Waals surface area contributed by atoms with E-state index in [-0.39, 0.29) is 17.7 Å². The van der Waals surface area contributed by atoms with Crippen molar-refractivity contribution in [1.82, 2.24) is 14.7 Å². The minimum Gasteiger partial charge on any atom is -0.394 e. The number of nitrogens with one attached hydrogen (secondary N) is 1. The molecule has 0 unspecified atom stereocenters. The molecule has 0 bridgehead atoms. The fourth-order valence-corrected chi connectivity index (χ4v) is 2.17. The summed E-state index contributed by atoms with van der Waals surface area (Å²) in [5, 5.41) is 16.6. The predicted molar refractivity (Wildman–Crippen MR) is 77.4 cm³/mol. The number of aromatic nitrogens is 2. The molecule has 1 aromatic heterocycles. The first-order chi connectivity index (χ1) is 8.97. The maximum atomic E-state index is 12.1. The van der Waals surface area contributed by atoms with Crippen LogP contribution in [-0.4, -0.2) is 52.6 Å². The van der Waals surface area contributed by atoms with Gasteiger partial charge in [0.25, 0.3) is 5.56 Å². The lowest BCUT2D eigenvalue weighted by molar-refractivity contribution is 0.266. The van der Waals surface area contributed by atoms with E-state index in [9.17, 15) is 9.90 Å². The molecule has 1 fully saturated rings. The van der Waals surface area contributed by atoms with E-state index in [0.717, 1.165) is 19.4 Å². The molecular formula is C12H19BrN4O2. The third-order valence-electron chi connectivity index (χ3n) is 3.30. The highest BCUT2D eigenvalue weighted by molar-refractivity contribution is 9.10. The van der Waals surface area contributed by atoms with Crippen molar-refractivity contribution in [2.24, 2.45) is 0 Å². The van der Waals surface area contributed by atoms with Crippen LogP contribution in [0.1, 0.15) is 12.8 Å². The van der Waals surface area contributed by atoms with Crippen molar-refractivity contribution in [1.29, 1.82) is 0 Å². The van der Waals surface area contributed by atoms with Crippen LogP contribution >= 0.6 is 15.9 Å². The lowest BCUT2D eigenvalue weighted by Gasteiger charge is -2.17. The van der Waals surface area contributed by atoms with Gasteiger partial charge in [-0.25, -0.2) is 4.68 Å². The number of rotatable bonds is 6. The van der Waals surface area contributed by atoms with Crippen LogP contribution in [0.25, 0.3) is 0 Å². The average molecular weight is 331 g/mol. The Labute approximate surface area is 120 Å². The minimum atomic E-state index is -0.257. The Hall–Kier alpha value is -0.920. The van der Waals surface area contributed by atoms with E-state index in [0.29, 0.717) is 16.7 Å². The van der Waals surface area contributed by atoms with Gasteiger partial charge in [0.2, 0.25) is 0 Å². The van der Waals surface area contributed by atoms with Gasteiger partial charge in [-0.2, -0.15) is 5.10 Å². The zero-order valence-corrected chi connectivity index (χ0v) is 12.8. The maximum absolute atomic E-state index is 12.1. The fraction of sp³-hybridized carbons (Fsp3) is 0.667. The van der Waals surface area contributed by atoms with Gasteiger partial charge in [-0.15, -0.1) is 0 Å². The molecule has 0 aromatic carbocycles. The van der Waals surface area contributed by atoms with Crippen LogP contribution in [0, 0.1) is 0 Å². The second-order valence-corrected chi connectivity index (χ2v) is 6.06. The van der Waals surface area contributed by atoms with Gasteiger partial charge in [-0.05, 0) is 42.9 Å². The molecular weight excluding hydrogens is 312 g/mol. The Bertz CT molecular complexity index is 511. The summed E-state index contributed by atoms with van der Waals surface area (Å²) in [6.45, 7) is 1.38. The molecule has 1 aliphatic rings. The standard InChI is InChI=1S/C12H19BrN4O2/c1-16(2)5-6-17-11(19)10(13)9(7-14-17)15-12(8-18)3-4-12/h7,15,18H,3-6,8H2,1-2H3. The van der Waals surface area contributed by atoms with E-state index < -0.39 is 0 Å². The minimum absolute atomic E-state index is 0.0726. The molecule has 1 saturated carbocycles. The van der Waals surface area contributed by atoms with Crippen LogP contribution < -0.4 is 10.9 Å². The van der Waals surface area contributed by atoms with Crippen LogP contribution in [-0.2, 0) is 6.54 Å². The first-order valence-corrected chi connectivity index (χ1v) is 7.06. The lowest BCUT2D eigenvalue weighted by Crippen LogP contribution is -2.31. The molecule has 0 atom stereocenters. The fourth-order valence-electron chi connectivity index (χ4n) is 1.77. The van der Waals surface area contributed by atoms with E-state index in [2.05, 4.69) is 26.3 Å². The molecule has 2 rings (SSSR count). The third kappa shape index (κ3) is 3.34. The third-order valence-corrected chi connectivity index (χ3v) is 4.07. The Morgan fingerprint density at radius 1 is 1.58 bits per heavy atom. The van der Waals surface area contributed by atoms with Crippen LogP contribution in [0.15, 0.2) is 15.5 Å². The van der Waals surface area contributed by atoms with Gasteiger partial charge in [0.15, 0.2) is 0 Å². The largest absolute Gasteiger partial charge is 0.394 e. The van der Waals surface area contributed by atoms with Crippen LogP contribution in [0.2, 0.25) is 0 Å². The number of nitrogens with zero attached hydrogens (tertiary/aromatic N) is 3. The lowest BCUT2D eigenvalue weighted by atomic mass is 10.3. The molecule has 0 saturated heterocycles. The molecule has 2 N–H and O–H groups in total. The van der Waals surface area contributed by atoms with Crippen LogP contribution in [0.4, 0.5) is 5.69 Å². The maximum Gasteiger partial charge on any atom is 0.283 e. The number of likely N-dealkylation sites (N-methyl/N-ethyl adjacent to an activating group) is 1. The predicted octanol–water partition coefficient (Wildman–Crippen LogP) is 0.504. The zero-order valence-electron chi connectivity index (χ0n) is 11.2. The van der Waals surface area contributed by atoms with Gasteiger partial charge in [0, 0.05) is 6.54 Å². The van der Waals surface area contributed by atoms with E-state index in [1.807, 2.05) is 19.0 Å². The second kappa shape index (κ2) is 5.60. The number of aliphatic hydroxyl groups excluding tert-OH is 1. The van der Waals surface area contributed by atoms with Gasteiger partial charge >= 0.3 is 0 Å². The van der Waals surface area contributed by atoms with Gasteiger partial charge < -0.3 is 15.3 Å². The highest BCUT2D eigenvalue weighted by Gasteiger charge is 2.42. The number of aliphatic hydroxyl groups is 1. The first-order valence-electron chi connectivity index (χ1n) is 6.27. The molecule has 6 nitrogen and oxygen atoms in total. The summed E-state index contributed by atoms with van der Waals surface area (Å²) in [4.78, 5) is 14.1. The summed E-state index contributed by atoms with van der Waals surface area (Å²) in [6, 6.07) is 0. The van der Waals surface area contributed by atoms with Gasteiger partial charge in [0.1, 0.15) is 4.47 Å². The monoisotopic (exact) mass is 330 g/mol. The quantitative estimate of drug-likeness (QED) is 0.795. The Morgan fingerprint density at radius 3 is 2.79 bits per heavy atom. The first kappa shape index (κ1) is 14.5. The molecule has 0 radical (unpaired) electrons. The normalized spacial score (nSPS) is 16.7. The SMILES string of the molecule is CN(C)CCn1ncc(NC2(CO)CC2)c(Br)c1=O. The topological polar surface area (TPSA) is 70.4 Å². The van der Waals surface area contributed by atoms with Gasteiger partial charge in [-0.3, -0.25) is 4.79 Å². The Morgan fingerprint density at radius 2 is 2.26 bits per heavy atom. The van der Waals surface area contributed by atoms with E-state index in [1.165, 1.54) is 4.68 Å². The second-order valence-electron chi connectivity index (χ2n) is 5.27. The highest BCUT2D eigenvalue weighted by atomic mass is 79.9. The van der Waals surface area contributed by atoms with Crippen LogP contribution in [0.5, 0.6) is 0 Å². The van der Waals surface area contributed by atoms with Crippen molar-refractivity contribution in [2.75, 3.05) is 32.6 Å². The average Bonchev–Trinajstić information content (AvgIpc) is 3.14. The molecule has 1 aliphatic carbocycles. The molecule has 19 heavy (non-hydrogen) atoms. The molecule has 1 heterocycles. The highest BCUT2D eigenvalue weighted by Crippen LogP contribution is 2.39. The summed E-state index contributed by atoms with van der Waals surface area (Å²) >= 11 is 3.32. The Kier molecular flexibility index (Phi) is 4.27. The molecule has 0 amide bonds. The smallest absolute Gasteiger partial charge is 0.283 e. The van der Waals surface area contributed by atoms with Gasteiger partial charge in [0.05, 0.1) is 30.6 Å². The molecule has 106 valence electrons. The van der Waals surface area contributed by atoms with Crippen molar-refractivity contribution in [2.45, 2.75) is 24.9 Å². The molecule has 0 spiro atoms. The number of halogens is 1. The van der Waals surface area contributed by atoms with Gasteiger partial charge in [-0.1, -0.05) is 0 Å². The van der Waals surface area contributed by atoms with Crippen LogP contribution in [0.3, 0.4) is 0 Å². The summed E-state index contributed by atoms with van der Waals surface area (Å²) in [6.07, 6.45) is 3.47. The zero-order chi connectivity index (χ0) is 14.0. The summed E-state index contributed by atoms with van der Waals surface area (Å²) in [5.41, 5.74) is 0.241. The van der Waals surface area contributed by atoms with Crippen molar-refractivity contribution in [3.8, 4) is 0 Å². The Balaban J connectivity index is 2.15. The van der Waals surface area contributed by atoms with Crippen molar-refractivity contribution in [3.05, 3.63) is 21.0 Å². The number of anilines is 1. The van der Waals surface area contributed by atoms with E-state index in [4.69, 9.17) is 0 Å². The molecule has 1 aromatic rings. The van der Waals surface area contributed by atoms with Crippen molar-refractivity contribution in [3.63, 3.8) is 0 Å². The summed E-state index contributed by atoms with van der Waals surface area (Å²) < 4.78 is 1.91. The van der Waals surface area contributed by atoms with E-state index in [1.54, 1.807) is 6.20 Å². The summed E-state index contributed by atoms with van der Waals surface area (Å²) in [5.74, 6) is 0. The van der Waals surface area contributed by atoms with E-state index >= 15 is 0 Å². The number of hydrogen-bond donors (Lipinski definition) is 2.